The second kappa shape index (κ2) is 9.18. The van der Waals surface area contributed by atoms with Gasteiger partial charge < -0.3 is 4.74 Å². The van der Waals surface area contributed by atoms with Crippen LogP contribution < -0.4 is 10.2 Å². The molecule has 1 N–H and O–H groups in total. The lowest BCUT2D eigenvalue weighted by Gasteiger charge is -2.15. The van der Waals surface area contributed by atoms with Gasteiger partial charge >= 0.3 is 0 Å². The van der Waals surface area contributed by atoms with Gasteiger partial charge in [-0.3, -0.25) is 15.0 Å². The van der Waals surface area contributed by atoms with Crippen molar-refractivity contribution in [2.45, 2.75) is 0 Å². The van der Waals surface area contributed by atoms with Gasteiger partial charge in [-0.25, -0.2) is 0 Å². The molecule has 28 heavy (non-hydrogen) atoms. The summed E-state index contributed by atoms with van der Waals surface area (Å²) in [5, 5.41) is 1.10. The number of ether oxygens (including phenoxy) is 1. The topological polar surface area (TPSA) is 58.6 Å². The molecular weight excluding hydrogens is 460 g/mol. The van der Waals surface area contributed by atoms with E-state index in [2.05, 4.69) is 27.9 Å². The van der Waals surface area contributed by atoms with E-state index < -0.39 is 5.91 Å². The summed E-state index contributed by atoms with van der Waals surface area (Å²) in [6.45, 7) is 4.03. The zero-order valence-electron chi connectivity index (χ0n) is 14.6. The van der Waals surface area contributed by atoms with E-state index in [1.54, 1.807) is 36.4 Å². The summed E-state index contributed by atoms with van der Waals surface area (Å²) < 4.78 is 6.57. The molecule has 2 amide bonds. The number of hydrazine groups is 1. The maximum atomic E-state index is 12.6. The standard InChI is InChI=1S/C20H15BrN2O3S2/c1-2-11-26-16-9-3-13(4-10-16)12-17-19(25)23(20(27)28-17)22-18(24)14-5-7-15(21)8-6-14/h2-10,12H,1,11H2,(H,22,24). The van der Waals surface area contributed by atoms with E-state index in [9.17, 15) is 9.59 Å². The minimum absolute atomic E-state index is 0.271. The number of hydrogen-bond donors (Lipinski definition) is 1. The summed E-state index contributed by atoms with van der Waals surface area (Å²) >= 11 is 9.70. The van der Waals surface area contributed by atoms with Gasteiger partial charge in [0.15, 0.2) is 4.32 Å². The molecule has 1 saturated heterocycles. The summed E-state index contributed by atoms with van der Waals surface area (Å²) in [6.07, 6.45) is 3.39. The third-order valence-electron chi connectivity index (χ3n) is 3.66. The molecule has 0 radical (unpaired) electrons. The van der Waals surface area contributed by atoms with Crippen LogP contribution in [0.5, 0.6) is 5.75 Å². The van der Waals surface area contributed by atoms with Gasteiger partial charge in [-0.05, 0) is 60.3 Å². The maximum absolute atomic E-state index is 12.6. The number of carbonyl (C=O) groups excluding carboxylic acids is 2. The van der Waals surface area contributed by atoms with Crippen molar-refractivity contribution in [3.8, 4) is 5.75 Å². The normalized spacial score (nSPS) is 15.0. The molecule has 0 unspecified atom stereocenters. The average Bonchev–Trinajstić information content (AvgIpc) is 2.95. The highest BCUT2D eigenvalue weighted by Gasteiger charge is 2.33. The van der Waals surface area contributed by atoms with Crippen molar-refractivity contribution in [3.63, 3.8) is 0 Å². The molecule has 8 heteroatoms. The number of hydrogen-bond acceptors (Lipinski definition) is 5. The van der Waals surface area contributed by atoms with Gasteiger partial charge in [-0.15, -0.1) is 0 Å². The van der Waals surface area contributed by atoms with Crippen LogP contribution in [0.3, 0.4) is 0 Å². The van der Waals surface area contributed by atoms with Crippen molar-refractivity contribution < 1.29 is 14.3 Å². The molecule has 0 bridgehead atoms. The van der Waals surface area contributed by atoms with Crippen LogP contribution in [0.1, 0.15) is 15.9 Å². The number of nitrogens with one attached hydrogen (secondary N) is 1. The largest absolute Gasteiger partial charge is 0.490 e. The highest BCUT2D eigenvalue weighted by Crippen LogP contribution is 2.31. The number of nitrogens with zero attached hydrogens (tertiary/aromatic N) is 1. The van der Waals surface area contributed by atoms with Gasteiger partial charge in [0.25, 0.3) is 11.8 Å². The Hall–Kier alpha value is -2.42. The minimum Gasteiger partial charge on any atom is -0.490 e. The first-order valence-electron chi connectivity index (χ1n) is 8.16. The van der Waals surface area contributed by atoms with Crippen LogP contribution in [0, 0.1) is 0 Å². The van der Waals surface area contributed by atoms with Crippen LogP contribution >= 0.6 is 39.9 Å². The van der Waals surface area contributed by atoms with E-state index in [1.807, 2.05) is 24.3 Å². The lowest BCUT2D eigenvalue weighted by Crippen LogP contribution is -2.44. The van der Waals surface area contributed by atoms with Crippen LogP contribution in [-0.2, 0) is 4.79 Å². The molecule has 142 valence electrons. The monoisotopic (exact) mass is 474 g/mol. The highest BCUT2D eigenvalue weighted by molar-refractivity contribution is 9.10. The Kier molecular flexibility index (Phi) is 6.66. The maximum Gasteiger partial charge on any atom is 0.285 e. The first kappa shape index (κ1) is 20.3. The second-order valence-corrected chi connectivity index (χ2v) is 8.23. The molecule has 1 aliphatic heterocycles. The molecule has 2 aromatic rings. The molecule has 5 nitrogen and oxygen atoms in total. The van der Waals surface area contributed by atoms with Crippen molar-refractivity contribution in [2.24, 2.45) is 0 Å². The molecule has 1 fully saturated rings. The summed E-state index contributed by atoms with van der Waals surface area (Å²) in [5.41, 5.74) is 3.81. The van der Waals surface area contributed by atoms with E-state index in [1.165, 1.54) is 0 Å². The van der Waals surface area contributed by atoms with Crippen molar-refractivity contribution >= 4 is 62.1 Å². The molecule has 1 heterocycles. The zero-order valence-corrected chi connectivity index (χ0v) is 17.8. The van der Waals surface area contributed by atoms with E-state index in [-0.39, 0.29) is 10.2 Å². The van der Waals surface area contributed by atoms with Crippen LogP contribution in [0.25, 0.3) is 6.08 Å². The summed E-state index contributed by atoms with van der Waals surface area (Å²) in [4.78, 5) is 25.4. The average molecular weight is 475 g/mol. The first-order valence-corrected chi connectivity index (χ1v) is 10.2. The Morgan fingerprint density at radius 3 is 2.54 bits per heavy atom. The van der Waals surface area contributed by atoms with Crippen molar-refractivity contribution in [3.05, 3.63) is 81.7 Å². The molecule has 0 aromatic heterocycles. The summed E-state index contributed by atoms with van der Waals surface area (Å²) in [7, 11) is 0. The highest BCUT2D eigenvalue weighted by atomic mass is 79.9. The Bertz CT molecular complexity index is 956. The fourth-order valence-electron chi connectivity index (χ4n) is 2.30. The van der Waals surface area contributed by atoms with Crippen LogP contribution in [0.15, 0.2) is 70.6 Å². The third-order valence-corrected chi connectivity index (χ3v) is 5.49. The number of halogens is 1. The number of amides is 2. The minimum atomic E-state index is -0.409. The zero-order chi connectivity index (χ0) is 20.1. The smallest absolute Gasteiger partial charge is 0.285 e. The molecule has 0 aliphatic carbocycles. The number of benzene rings is 2. The lowest BCUT2D eigenvalue weighted by molar-refractivity contribution is -0.123. The van der Waals surface area contributed by atoms with E-state index >= 15 is 0 Å². The third kappa shape index (κ3) is 4.89. The SMILES string of the molecule is C=CCOc1ccc(C=C2SC(=S)N(NC(=O)c3ccc(Br)cc3)C2=O)cc1. The lowest BCUT2D eigenvalue weighted by atomic mass is 10.2. The number of carbonyl (C=O) groups is 2. The number of thiocarbonyl (C=S) groups is 1. The van der Waals surface area contributed by atoms with Gasteiger partial charge in [0.2, 0.25) is 0 Å². The van der Waals surface area contributed by atoms with Crippen LogP contribution in [-0.4, -0.2) is 27.8 Å². The molecule has 0 saturated carbocycles. The number of thioether (sulfide) groups is 1. The van der Waals surface area contributed by atoms with E-state index in [0.29, 0.717) is 22.8 Å². The molecule has 0 spiro atoms. The summed E-state index contributed by atoms with van der Waals surface area (Å²) in [6, 6.07) is 14.1. The van der Waals surface area contributed by atoms with Gasteiger partial charge in [0.1, 0.15) is 12.4 Å². The van der Waals surface area contributed by atoms with Gasteiger partial charge in [-0.2, -0.15) is 5.01 Å². The Labute approximate surface area is 180 Å². The van der Waals surface area contributed by atoms with Crippen molar-refractivity contribution in [1.29, 1.82) is 0 Å². The molecular formula is C20H15BrN2O3S2. The van der Waals surface area contributed by atoms with Crippen LogP contribution in [0.4, 0.5) is 0 Å². The van der Waals surface area contributed by atoms with Gasteiger partial charge in [0, 0.05) is 10.0 Å². The molecule has 0 atom stereocenters. The first-order chi connectivity index (χ1) is 13.5. The predicted molar refractivity (Wildman–Crippen MR) is 119 cm³/mol. The van der Waals surface area contributed by atoms with Crippen molar-refractivity contribution in [2.75, 3.05) is 6.61 Å². The predicted octanol–water partition coefficient (Wildman–Crippen LogP) is 4.56. The fraction of sp³-hybridized carbons (Fsp3) is 0.0500. The molecule has 2 aromatic carbocycles. The summed E-state index contributed by atoms with van der Waals surface area (Å²) in [5.74, 6) is -0.0624. The quantitative estimate of drug-likeness (QED) is 0.377. The van der Waals surface area contributed by atoms with Crippen LogP contribution in [0.2, 0.25) is 0 Å². The Balaban J connectivity index is 1.70. The van der Waals surface area contributed by atoms with Crippen molar-refractivity contribution in [1.82, 2.24) is 10.4 Å². The molecule has 1 aliphatic rings. The fourth-order valence-corrected chi connectivity index (χ4v) is 3.74. The second-order valence-electron chi connectivity index (χ2n) is 5.63. The van der Waals surface area contributed by atoms with Gasteiger partial charge in [-0.1, -0.05) is 52.5 Å². The van der Waals surface area contributed by atoms with E-state index in [0.717, 1.165) is 26.8 Å². The molecule has 3 rings (SSSR count). The Morgan fingerprint density at radius 1 is 1.21 bits per heavy atom. The van der Waals surface area contributed by atoms with E-state index in [4.69, 9.17) is 17.0 Å². The number of rotatable bonds is 6. The Morgan fingerprint density at radius 2 is 1.89 bits per heavy atom. The van der Waals surface area contributed by atoms with Gasteiger partial charge in [0.05, 0.1) is 4.91 Å².